The normalized spacial score (nSPS) is 25.6. The maximum absolute atomic E-state index is 12.6. The van der Waals surface area contributed by atoms with E-state index in [-0.39, 0.29) is 5.41 Å². The maximum atomic E-state index is 12.6. The van der Waals surface area contributed by atoms with Crippen LogP contribution in [0.2, 0.25) is 0 Å². The van der Waals surface area contributed by atoms with E-state index in [1.54, 1.807) is 20.8 Å². The van der Waals surface area contributed by atoms with Crippen LogP contribution in [0.1, 0.15) is 53.4 Å². The first-order chi connectivity index (χ1) is 10.4. The summed E-state index contributed by atoms with van der Waals surface area (Å²) in [6, 6.07) is 2.35. The van der Waals surface area contributed by atoms with Crippen molar-refractivity contribution in [2.75, 3.05) is 19.6 Å². The molecule has 0 aromatic heterocycles. The Morgan fingerprint density at radius 1 is 1.26 bits per heavy atom. The van der Waals surface area contributed by atoms with Crippen molar-refractivity contribution in [3.05, 3.63) is 0 Å². The van der Waals surface area contributed by atoms with Crippen molar-refractivity contribution in [3.63, 3.8) is 0 Å². The third kappa shape index (κ3) is 4.05. The second-order valence-corrected chi connectivity index (χ2v) is 10.4. The fraction of sp³-hybridized carbons (Fsp3) is 0.938. The van der Waals surface area contributed by atoms with E-state index in [1.165, 1.54) is 0 Å². The Bertz CT molecular complexity index is 577. The predicted octanol–water partition coefficient (Wildman–Crippen LogP) is 1.22. The lowest BCUT2D eigenvalue weighted by molar-refractivity contribution is 0.0726. The molecule has 1 unspecified atom stereocenters. The number of hydrogen-bond acceptors (Lipinski definition) is 5. The van der Waals surface area contributed by atoms with E-state index in [0.29, 0.717) is 19.4 Å². The molecule has 7 heteroatoms. The molecule has 2 aliphatic rings. The van der Waals surface area contributed by atoms with E-state index in [0.717, 1.165) is 25.9 Å². The van der Waals surface area contributed by atoms with Crippen molar-refractivity contribution in [1.29, 1.82) is 5.26 Å². The van der Waals surface area contributed by atoms with Crippen LogP contribution in [0.3, 0.4) is 0 Å². The van der Waals surface area contributed by atoms with Crippen LogP contribution in [-0.2, 0) is 10.0 Å². The lowest BCUT2D eigenvalue weighted by atomic mass is 9.82. The topological polar surface area (TPSA) is 93.4 Å². The first-order valence-corrected chi connectivity index (χ1v) is 9.77. The molecule has 0 aromatic carbocycles. The fourth-order valence-corrected chi connectivity index (χ4v) is 5.24. The minimum atomic E-state index is -3.56. The van der Waals surface area contributed by atoms with Gasteiger partial charge in [0.1, 0.15) is 4.75 Å². The van der Waals surface area contributed by atoms with Gasteiger partial charge in [0.15, 0.2) is 0 Å². The van der Waals surface area contributed by atoms with Gasteiger partial charge in [-0.3, -0.25) is 0 Å². The highest BCUT2D eigenvalue weighted by Gasteiger charge is 2.60. The molecule has 2 fully saturated rings. The van der Waals surface area contributed by atoms with Crippen LogP contribution in [0.5, 0.6) is 0 Å². The zero-order chi connectivity index (χ0) is 17.5. The van der Waals surface area contributed by atoms with Gasteiger partial charge in [0.25, 0.3) is 0 Å². The molecule has 2 N–H and O–H groups in total. The van der Waals surface area contributed by atoms with Crippen molar-refractivity contribution < 1.29 is 13.5 Å². The summed E-state index contributed by atoms with van der Waals surface area (Å²) in [7, 11) is -3.56. The molecule has 1 saturated carbocycles. The molecule has 0 spiro atoms. The minimum Gasteiger partial charge on any atom is -0.390 e. The Balaban J connectivity index is 1.99. The SMILES string of the molecule is CC1(C#N)CCN(CC(O)C2(S(=O)(=O)NC(C)(C)C)CC2)CC1. The number of hydrogen-bond donors (Lipinski definition) is 2. The van der Waals surface area contributed by atoms with Gasteiger partial charge in [-0.2, -0.15) is 5.26 Å². The monoisotopic (exact) mass is 343 g/mol. The zero-order valence-electron chi connectivity index (χ0n) is 14.6. The average Bonchev–Trinajstić information content (AvgIpc) is 3.21. The van der Waals surface area contributed by atoms with E-state index in [2.05, 4.69) is 15.7 Å². The molecule has 1 heterocycles. The summed E-state index contributed by atoms with van der Waals surface area (Å²) in [6.45, 7) is 9.18. The van der Waals surface area contributed by atoms with Crippen molar-refractivity contribution in [1.82, 2.24) is 9.62 Å². The first kappa shape index (κ1) is 18.7. The van der Waals surface area contributed by atoms with Gasteiger partial charge in [-0.15, -0.1) is 0 Å². The van der Waals surface area contributed by atoms with Gasteiger partial charge in [-0.05, 0) is 66.5 Å². The quantitative estimate of drug-likeness (QED) is 0.783. The highest BCUT2D eigenvalue weighted by Crippen LogP contribution is 2.47. The predicted molar refractivity (Wildman–Crippen MR) is 89.2 cm³/mol. The summed E-state index contributed by atoms with van der Waals surface area (Å²) >= 11 is 0. The summed E-state index contributed by atoms with van der Waals surface area (Å²) in [6.07, 6.45) is 1.63. The summed E-state index contributed by atoms with van der Waals surface area (Å²) < 4.78 is 26.9. The Morgan fingerprint density at radius 3 is 2.17 bits per heavy atom. The summed E-state index contributed by atoms with van der Waals surface area (Å²) in [5.74, 6) is 0. The second kappa shape index (κ2) is 5.99. The number of nitrogens with one attached hydrogen (secondary N) is 1. The average molecular weight is 343 g/mol. The zero-order valence-corrected chi connectivity index (χ0v) is 15.4. The van der Waals surface area contributed by atoms with Crippen molar-refractivity contribution in [2.24, 2.45) is 5.41 Å². The molecule has 1 saturated heterocycles. The Kier molecular flexibility index (Phi) is 4.86. The number of aliphatic hydroxyl groups is 1. The van der Waals surface area contributed by atoms with Crippen LogP contribution in [0.4, 0.5) is 0 Å². The summed E-state index contributed by atoms with van der Waals surface area (Å²) in [5, 5.41) is 19.8. The fourth-order valence-electron chi connectivity index (χ4n) is 3.16. The number of nitriles is 1. The van der Waals surface area contributed by atoms with Gasteiger partial charge < -0.3 is 10.0 Å². The molecule has 0 bridgehead atoms. The molecular formula is C16H29N3O3S. The minimum absolute atomic E-state index is 0.293. The molecule has 132 valence electrons. The maximum Gasteiger partial charge on any atom is 0.220 e. The molecule has 1 aliphatic heterocycles. The number of rotatable bonds is 5. The third-order valence-electron chi connectivity index (χ3n) is 4.99. The lowest BCUT2D eigenvalue weighted by Crippen LogP contribution is -2.54. The van der Waals surface area contributed by atoms with Gasteiger partial charge in [0.2, 0.25) is 10.0 Å². The van der Waals surface area contributed by atoms with E-state index in [4.69, 9.17) is 5.26 Å². The van der Waals surface area contributed by atoms with Crippen LogP contribution in [0.25, 0.3) is 0 Å². The molecule has 0 amide bonds. The molecule has 2 rings (SSSR count). The molecular weight excluding hydrogens is 314 g/mol. The van der Waals surface area contributed by atoms with Gasteiger partial charge in [0.05, 0.1) is 17.6 Å². The van der Waals surface area contributed by atoms with Crippen LogP contribution in [0.15, 0.2) is 0 Å². The van der Waals surface area contributed by atoms with Crippen LogP contribution >= 0.6 is 0 Å². The Labute approximate surface area is 139 Å². The van der Waals surface area contributed by atoms with Crippen molar-refractivity contribution in [3.8, 4) is 6.07 Å². The molecule has 1 atom stereocenters. The molecule has 0 aromatic rings. The van der Waals surface area contributed by atoms with Crippen molar-refractivity contribution in [2.45, 2.75) is 69.8 Å². The standard InChI is InChI=1S/C16H29N3O3S/c1-14(2,3)18-23(21,22)16(5-6-16)13(20)11-19-9-7-15(4,12-17)8-10-19/h13,18,20H,5-11H2,1-4H3. The smallest absolute Gasteiger partial charge is 0.220 e. The summed E-state index contributed by atoms with van der Waals surface area (Å²) in [5.41, 5.74) is -0.841. The molecule has 1 aliphatic carbocycles. The Morgan fingerprint density at radius 2 is 1.78 bits per heavy atom. The highest BCUT2D eigenvalue weighted by molar-refractivity contribution is 7.91. The Hall–Kier alpha value is -0.680. The molecule has 6 nitrogen and oxygen atoms in total. The number of sulfonamides is 1. The number of nitrogens with zero attached hydrogens (tertiary/aromatic N) is 2. The number of aliphatic hydroxyl groups excluding tert-OH is 1. The van der Waals surface area contributed by atoms with E-state index < -0.39 is 26.4 Å². The number of β-amino-alcohol motifs (C(OH)–C–C–N with tert-alkyl or cyclic N) is 1. The molecule has 0 radical (unpaired) electrons. The molecule has 23 heavy (non-hydrogen) atoms. The first-order valence-electron chi connectivity index (χ1n) is 8.28. The number of piperidine rings is 1. The van der Waals surface area contributed by atoms with Gasteiger partial charge in [-0.25, -0.2) is 13.1 Å². The van der Waals surface area contributed by atoms with Crippen LogP contribution in [-0.4, -0.2) is 54.4 Å². The van der Waals surface area contributed by atoms with Gasteiger partial charge in [-0.1, -0.05) is 0 Å². The second-order valence-electron chi connectivity index (χ2n) is 8.41. The number of likely N-dealkylation sites (tertiary alicyclic amines) is 1. The van der Waals surface area contributed by atoms with Crippen LogP contribution < -0.4 is 4.72 Å². The van der Waals surface area contributed by atoms with Crippen molar-refractivity contribution >= 4 is 10.0 Å². The van der Waals surface area contributed by atoms with Crippen LogP contribution in [0, 0.1) is 16.7 Å². The third-order valence-corrected chi connectivity index (χ3v) is 7.62. The summed E-state index contributed by atoms with van der Waals surface area (Å²) in [4.78, 5) is 2.08. The lowest BCUT2D eigenvalue weighted by Gasteiger charge is -2.37. The largest absolute Gasteiger partial charge is 0.390 e. The van der Waals surface area contributed by atoms with Gasteiger partial charge >= 0.3 is 0 Å². The van der Waals surface area contributed by atoms with E-state index in [9.17, 15) is 13.5 Å². The highest BCUT2D eigenvalue weighted by atomic mass is 32.2. The van der Waals surface area contributed by atoms with E-state index in [1.807, 2.05) is 6.92 Å². The van der Waals surface area contributed by atoms with E-state index >= 15 is 0 Å². The van der Waals surface area contributed by atoms with Gasteiger partial charge in [0, 0.05) is 12.1 Å².